The lowest BCUT2D eigenvalue weighted by molar-refractivity contribution is -0.125. The molecule has 1 aromatic carbocycles. The molecule has 0 aromatic heterocycles. The zero-order valence-electron chi connectivity index (χ0n) is 14.6. The predicted molar refractivity (Wildman–Crippen MR) is 95.2 cm³/mol. The van der Waals surface area contributed by atoms with Gasteiger partial charge in [0.1, 0.15) is 0 Å². The number of nitrogens with one attached hydrogen (secondary N) is 1. The molecule has 23 heavy (non-hydrogen) atoms. The number of hydrogen-bond donors (Lipinski definition) is 1. The molecule has 1 saturated heterocycles. The van der Waals surface area contributed by atoms with Gasteiger partial charge in [0.2, 0.25) is 5.91 Å². The zero-order valence-corrected chi connectivity index (χ0v) is 14.6. The van der Waals surface area contributed by atoms with Crippen molar-refractivity contribution in [2.75, 3.05) is 39.3 Å². The fraction of sp³-hybridized carbons (Fsp3) is 0.632. The highest BCUT2D eigenvalue weighted by molar-refractivity contribution is 5.78. The minimum absolute atomic E-state index is 0.178. The van der Waals surface area contributed by atoms with Crippen LogP contribution in [0.4, 0.5) is 0 Å². The average Bonchev–Trinajstić information content (AvgIpc) is 2.58. The highest BCUT2D eigenvalue weighted by Gasteiger charge is 2.18. The van der Waals surface area contributed by atoms with Gasteiger partial charge in [-0.05, 0) is 18.4 Å². The van der Waals surface area contributed by atoms with Crippen LogP contribution in [0.25, 0.3) is 0 Å². The predicted octanol–water partition coefficient (Wildman–Crippen LogP) is 2.36. The molecule has 0 spiro atoms. The number of nitrogens with zero attached hydrogens (tertiary/aromatic N) is 2. The summed E-state index contributed by atoms with van der Waals surface area (Å²) in [7, 11) is 0. The standard InChI is InChI=1S/C19H31N3O/c1-3-18(4-2)19(23)20-10-11-21-12-14-22(15-13-21)16-17-8-6-5-7-9-17/h5-9,18H,3-4,10-16H2,1-2H3,(H,20,23). The van der Waals surface area contributed by atoms with Gasteiger partial charge in [-0.2, -0.15) is 0 Å². The third kappa shape index (κ3) is 5.96. The number of piperazine rings is 1. The Labute approximate surface area is 140 Å². The topological polar surface area (TPSA) is 35.6 Å². The Morgan fingerprint density at radius 2 is 1.65 bits per heavy atom. The van der Waals surface area contributed by atoms with Gasteiger partial charge >= 0.3 is 0 Å². The second-order valence-electron chi connectivity index (χ2n) is 6.41. The first kappa shape index (κ1) is 18.0. The van der Waals surface area contributed by atoms with E-state index in [9.17, 15) is 4.79 Å². The van der Waals surface area contributed by atoms with Gasteiger partial charge in [0.25, 0.3) is 0 Å². The normalized spacial score (nSPS) is 16.7. The van der Waals surface area contributed by atoms with Gasteiger partial charge < -0.3 is 5.32 Å². The molecule has 0 radical (unpaired) electrons. The van der Waals surface area contributed by atoms with Crippen LogP contribution in [0.1, 0.15) is 32.3 Å². The highest BCUT2D eigenvalue weighted by atomic mass is 16.1. The summed E-state index contributed by atoms with van der Waals surface area (Å²) in [6.45, 7) is 11.3. The Bertz CT molecular complexity index is 451. The Hall–Kier alpha value is -1.39. The molecule has 1 fully saturated rings. The smallest absolute Gasteiger partial charge is 0.223 e. The van der Waals surface area contributed by atoms with Crippen molar-refractivity contribution in [3.8, 4) is 0 Å². The van der Waals surface area contributed by atoms with Crippen LogP contribution in [0.15, 0.2) is 30.3 Å². The lowest BCUT2D eigenvalue weighted by Gasteiger charge is -2.34. The summed E-state index contributed by atoms with van der Waals surface area (Å²) >= 11 is 0. The first-order valence-corrected chi connectivity index (χ1v) is 8.99. The molecule has 1 heterocycles. The van der Waals surface area contributed by atoms with Crippen molar-refractivity contribution in [1.29, 1.82) is 0 Å². The van der Waals surface area contributed by atoms with Crippen LogP contribution in [-0.4, -0.2) is 55.0 Å². The quantitative estimate of drug-likeness (QED) is 0.799. The minimum atomic E-state index is 0.178. The molecule has 0 atom stereocenters. The molecule has 0 saturated carbocycles. The van der Waals surface area contributed by atoms with Gasteiger partial charge in [-0.1, -0.05) is 44.2 Å². The van der Waals surface area contributed by atoms with Crippen LogP contribution < -0.4 is 5.32 Å². The molecule has 0 bridgehead atoms. The Balaban J connectivity index is 1.62. The lowest BCUT2D eigenvalue weighted by atomic mass is 10.0. The van der Waals surface area contributed by atoms with Crippen LogP contribution in [0.3, 0.4) is 0 Å². The highest BCUT2D eigenvalue weighted by Crippen LogP contribution is 2.09. The van der Waals surface area contributed by atoms with Gasteiger partial charge in [0, 0.05) is 51.7 Å². The second kappa shape index (κ2) is 9.68. The van der Waals surface area contributed by atoms with E-state index in [2.05, 4.69) is 59.3 Å². The monoisotopic (exact) mass is 317 g/mol. The summed E-state index contributed by atoms with van der Waals surface area (Å²) in [5.41, 5.74) is 1.39. The molecule has 0 aliphatic carbocycles. The van der Waals surface area contributed by atoms with Crippen molar-refractivity contribution in [1.82, 2.24) is 15.1 Å². The zero-order chi connectivity index (χ0) is 16.5. The molecule has 1 N–H and O–H groups in total. The molecule has 1 aliphatic heterocycles. The molecular formula is C19H31N3O. The molecule has 2 rings (SSSR count). The van der Waals surface area contributed by atoms with Crippen molar-refractivity contribution in [2.24, 2.45) is 5.92 Å². The SMILES string of the molecule is CCC(CC)C(=O)NCCN1CCN(Cc2ccccc2)CC1. The van der Waals surface area contributed by atoms with Gasteiger partial charge in [-0.15, -0.1) is 0 Å². The van der Waals surface area contributed by atoms with E-state index >= 15 is 0 Å². The largest absolute Gasteiger partial charge is 0.355 e. The van der Waals surface area contributed by atoms with Crippen molar-refractivity contribution in [3.63, 3.8) is 0 Å². The van der Waals surface area contributed by atoms with E-state index < -0.39 is 0 Å². The summed E-state index contributed by atoms with van der Waals surface area (Å²) < 4.78 is 0. The summed E-state index contributed by atoms with van der Waals surface area (Å²) in [5, 5.41) is 3.09. The minimum Gasteiger partial charge on any atom is -0.355 e. The summed E-state index contributed by atoms with van der Waals surface area (Å²) in [6, 6.07) is 10.7. The fourth-order valence-electron chi connectivity index (χ4n) is 3.15. The second-order valence-corrected chi connectivity index (χ2v) is 6.41. The van der Waals surface area contributed by atoms with E-state index in [1.54, 1.807) is 0 Å². The molecule has 1 amide bonds. The van der Waals surface area contributed by atoms with Crippen LogP contribution in [0.5, 0.6) is 0 Å². The Morgan fingerprint density at radius 3 is 2.26 bits per heavy atom. The number of rotatable bonds is 8. The molecule has 0 unspecified atom stereocenters. The number of hydrogen-bond acceptors (Lipinski definition) is 3. The maximum Gasteiger partial charge on any atom is 0.223 e. The first-order valence-electron chi connectivity index (χ1n) is 8.99. The van der Waals surface area contributed by atoms with Crippen LogP contribution in [0, 0.1) is 5.92 Å². The number of carbonyl (C=O) groups excluding carboxylic acids is 1. The number of benzene rings is 1. The van der Waals surface area contributed by atoms with E-state index in [4.69, 9.17) is 0 Å². The summed E-state index contributed by atoms with van der Waals surface area (Å²) in [4.78, 5) is 16.9. The third-order valence-corrected chi connectivity index (χ3v) is 4.80. The van der Waals surface area contributed by atoms with E-state index in [0.29, 0.717) is 0 Å². The maximum atomic E-state index is 12.0. The molecule has 1 aliphatic rings. The summed E-state index contributed by atoms with van der Waals surface area (Å²) in [5.74, 6) is 0.399. The van der Waals surface area contributed by atoms with Crippen molar-refractivity contribution >= 4 is 5.91 Å². The van der Waals surface area contributed by atoms with Gasteiger partial charge in [0.05, 0.1) is 0 Å². The number of amides is 1. The molecule has 4 heteroatoms. The van der Waals surface area contributed by atoms with E-state index in [0.717, 1.165) is 58.7 Å². The van der Waals surface area contributed by atoms with Gasteiger partial charge in [0.15, 0.2) is 0 Å². The van der Waals surface area contributed by atoms with E-state index in [-0.39, 0.29) is 11.8 Å². The third-order valence-electron chi connectivity index (χ3n) is 4.80. The van der Waals surface area contributed by atoms with Gasteiger partial charge in [-0.25, -0.2) is 0 Å². The maximum absolute atomic E-state index is 12.0. The van der Waals surface area contributed by atoms with Crippen molar-refractivity contribution in [2.45, 2.75) is 33.2 Å². The van der Waals surface area contributed by atoms with E-state index in [1.165, 1.54) is 5.56 Å². The molecular weight excluding hydrogens is 286 g/mol. The van der Waals surface area contributed by atoms with Crippen molar-refractivity contribution in [3.05, 3.63) is 35.9 Å². The fourth-order valence-corrected chi connectivity index (χ4v) is 3.15. The van der Waals surface area contributed by atoms with Gasteiger partial charge in [-0.3, -0.25) is 14.6 Å². The number of carbonyl (C=O) groups is 1. The van der Waals surface area contributed by atoms with Crippen LogP contribution in [0.2, 0.25) is 0 Å². The van der Waals surface area contributed by atoms with Crippen LogP contribution in [-0.2, 0) is 11.3 Å². The molecule has 1 aromatic rings. The lowest BCUT2D eigenvalue weighted by Crippen LogP contribution is -2.48. The van der Waals surface area contributed by atoms with E-state index in [1.807, 2.05) is 0 Å². The Morgan fingerprint density at radius 1 is 1.04 bits per heavy atom. The van der Waals surface area contributed by atoms with Crippen LogP contribution >= 0.6 is 0 Å². The van der Waals surface area contributed by atoms with Crippen molar-refractivity contribution < 1.29 is 4.79 Å². The molecule has 4 nitrogen and oxygen atoms in total. The average molecular weight is 317 g/mol. The summed E-state index contributed by atoms with van der Waals surface area (Å²) in [6.07, 6.45) is 1.86. The first-order chi connectivity index (χ1) is 11.2. The Kier molecular flexibility index (Phi) is 7.56. The molecule has 128 valence electrons.